The molecule has 1 heterocycles. The largest absolute Gasteiger partial charge is 0.268 e. The van der Waals surface area contributed by atoms with Gasteiger partial charge in [0.2, 0.25) is 0 Å². The van der Waals surface area contributed by atoms with Gasteiger partial charge in [-0.25, -0.2) is 0 Å². The Morgan fingerprint density at radius 3 is 2.62 bits per heavy atom. The number of aromatic nitrogens is 3. The van der Waals surface area contributed by atoms with Crippen LogP contribution in [-0.2, 0) is 0 Å². The fourth-order valence-corrected chi connectivity index (χ4v) is 3.34. The molecule has 0 amide bonds. The van der Waals surface area contributed by atoms with E-state index >= 15 is 0 Å². The van der Waals surface area contributed by atoms with E-state index in [1.54, 1.807) is 0 Å². The number of H-pyrrole nitrogens is 1. The lowest BCUT2D eigenvalue weighted by Crippen LogP contribution is -2.00. The van der Waals surface area contributed by atoms with Crippen LogP contribution >= 0.6 is 12.2 Å². The summed E-state index contributed by atoms with van der Waals surface area (Å²) in [6, 6.07) is 21.0. The fourth-order valence-electron chi connectivity index (χ4n) is 3.11. The van der Waals surface area contributed by atoms with Crippen LogP contribution < -0.4 is 0 Å². The number of rotatable bonds is 2. The summed E-state index contributed by atoms with van der Waals surface area (Å²) in [4.78, 5) is 0. The lowest BCUT2D eigenvalue weighted by molar-refractivity contribution is 1.04. The van der Waals surface area contributed by atoms with Crippen LogP contribution in [0, 0.1) is 18.6 Å². The summed E-state index contributed by atoms with van der Waals surface area (Å²) in [6.07, 6.45) is 0. The molecule has 4 rings (SSSR count). The maximum absolute atomic E-state index is 5.53. The van der Waals surface area contributed by atoms with Crippen molar-refractivity contribution in [3.63, 3.8) is 0 Å². The highest BCUT2D eigenvalue weighted by atomic mass is 32.1. The minimum absolute atomic E-state index is 0.598. The second kappa shape index (κ2) is 5.73. The van der Waals surface area contributed by atoms with Crippen LogP contribution in [0.3, 0.4) is 0 Å². The molecule has 0 saturated heterocycles. The van der Waals surface area contributed by atoms with E-state index in [-0.39, 0.29) is 0 Å². The normalized spacial score (nSPS) is 11.1. The van der Waals surface area contributed by atoms with Gasteiger partial charge < -0.3 is 0 Å². The summed E-state index contributed by atoms with van der Waals surface area (Å²) in [6.45, 7) is 4.19. The molecule has 0 unspecified atom stereocenters. The Hall–Kier alpha value is -2.72. The Labute approximate surface area is 145 Å². The maximum Gasteiger partial charge on any atom is 0.200 e. The lowest BCUT2D eigenvalue weighted by Gasteiger charge is -2.12. The molecule has 3 aromatic carbocycles. The van der Waals surface area contributed by atoms with Crippen molar-refractivity contribution < 1.29 is 0 Å². The molecule has 0 aliphatic heterocycles. The zero-order valence-electron chi connectivity index (χ0n) is 13.6. The predicted molar refractivity (Wildman–Crippen MR) is 101 cm³/mol. The van der Waals surface area contributed by atoms with Crippen molar-refractivity contribution in [1.82, 2.24) is 14.8 Å². The minimum Gasteiger partial charge on any atom is -0.268 e. The molecule has 0 radical (unpaired) electrons. The third-order valence-electron chi connectivity index (χ3n) is 4.31. The van der Waals surface area contributed by atoms with E-state index in [0.717, 1.165) is 22.5 Å². The SMILES string of the molecule is Cc1ccc2c(-n3c(-c4ccccc4C)n[nH]c3=S)cccc2c1. The van der Waals surface area contributed by atoms with Crippen molar-refractivity contribution in [2.45, 2.75) is 13.8 Å². The molecule has 24 heavy (non-hydrogen) atoms. The molecule has 1 N–H and O–H groups in total. The Morgan fingerprint density at radius 1 is 0.958 bits per heavy atom. The summed E-state index contributed by atoms with van der Waals surface area (Å²) in [5.41, 5.74) is 4.54. The highest BCUT2D eigenvalue weighted by Crippen LogP contribution is 2.29. The molecule has 118 valence electrons. The predicted octanol–water partition coefficient (Wildman–Crippen LogP) is 5.37. The number of fused-ring (bicyclic) bond motifs is 1. The second-order valence-electron chi connectivity index (χ2n) is 6.00. The first-order chi connectivity index (χ1) is 11.6. The van der Waals surface area contributed by atoms with Crippen molar-refractivity contribution in [1.29, 1.82) is 0 Å². The highest BCUT2D eigenvalue weighted by molar-refractivity contribution is 7.71. The fraction of sp³-hybridized carbons (Fsp3) is 0.100. The van der Waals surface area contributed by atoms with Gasteiger partial charge in [-0.05, 0) is 43.1 Å². The maximum atomic E-state index is 5.53. The van der Waals surface area contributed by atoms with Crippen molar-refractivity contribution in [2.75, 3.05) is 0 Å². The molecule has 0 aliphatic carbocycles. The Kier molecular flexibility index (Phi) is 3.54. The summed E-state index contributed by atoms with van der Waals surface area (Å²) < 4.78 is 2.62. The molecule has 3 nitrogen and oxygen atoms in total. The topological polar surface area (TPSA) is 33.6 Å². The molecular formula is C20H17N3S. The molecule has 0 aliphatic rings. The molecule has 0 atom stereocenters. The van der Waals surface area contributed by atoms with Crippen LogP contribution in [0.5, 0.6) is 0 Å². The lowest BCUT2D eigenvalue weighted by atomic mass is 10.0. The molecule has 0 fully saturated rings. The van der Waals surface area contributed by atoms with E-state index in [4.69, 9.17) is 12.2 Å². The highest BCUT2D eigenvalue weighted by Gasteiger charge is 2.14. The van der Waals surface area contributed by atoms with Gasteiger partial charge in [-0.3, -0.25) is 9.67 Å². The molecule has 0 saturated carbocycles. The average Bonchev–Trinajstić information content (AvgIpc) is 2.95. The zero-order chi connectivity index (χ0) is 16.7. The minimum atomic E-state index is 0.598. The van der Waals surface area contributed by atoms with E-state index in [1.807, 2.05) is 16.7 Å². The molecule has 0 bridgehead atoms. The first-order valence-electron chi connectivity index (χ1n) is 7.88. The summed E-state index contributed by atoms with van der Waals surface area (Å²) in [5.74, 6) is 0.839. The third kappa shape index (κ3) is 2.36. The number of hydrogen-bond acceptors (Lipinski definition) is 2. The molecule has 4 aromatic rings. The summed E-state index contributed by atoms with van der Waals surface area (Å²) in [5, 5.41) is 9.81. The van der Waals surface area contributed by atoms with E-state index in [0.29, 0.717) is 4.77 Å². The van der Waals surface area contributed by atoms with Crippen LogP contribution in [-0.4, -0.2) is 14.8 Å². The summed E-state index contributed by atoms with van der Waals surface area (Å²) in [7, 11) is 0. The number of hydrogen-bond donors (Lipinski definition) is 1. The van der Waals surface area contributed by atoms with Gasteiger partial charge in [0.05, 0.1) is 5.69 Å². The quantitative estimate of drug-likeness (QED) is 0.501. The standard InChI is InChI=1S/C20H17N3S/c1-13-10-11-17-15(12-13)7-5-9-18(17)23-19(21-22-20(23)24)16-8-4-3-6-14(16)2/h3-12H,1-2H3,(H,22,24). The number of aryl methyl sites for hydroxylation is 2. The van der Waals surface area contributed by atoms with Crippen molar-refractivity contribution in [3.05, 3.63) is 76.6 Å². The molecule has 0 spiro atoms. The van der Waals surface area contributed by atoms with Crippen molar-refractivity contribution in [2.24, 2.45) is 0 Å². The number of nitrogens with zero attached hydrogens (tertiary/aromatic N) is 2. The van der Waals surface area contributed by atoms with Gasteiger partial charge >= 0.3 is 0 Å². The number of benzene rings is 3. The monoisotopic (exact) mass is 331 g/mol. The van der Waals surface area contributed by atoms with Gasteiger partial charge in [0.25, 0.3) is 0 Å². The van der Waals surface area contributed by atoms with Gasteiger partial charge in [-0.2, -0.15) is 5.10 Å². The molecular weight excluding hydrogens is 314 g/mol. The third-order valence-corrected chi connectivity index (χ3v) is 4.59. The number of nitrogens with one attached hydrogen (secondary N) is 1. The van der Waals surface area contributed by atoms with Crippen LogP contribution in [0.4, 0.5) is 0 Å². The first-order valence-corrected chi connectivity index (χ1v) is 8.29. The first kappa shape index (κ1) is 14.8. The zero-order valence-corrected chi connectivity index (χ0v) is 14.4. The van der Waals surface area contributed by atoms with E-state index < -0.39 is 0 Å². The van der Waals surface area contributed by atoms with E-state index in [2.05, 4.69) is 72.6 Å². The second-order valence-corrected chi connectivity index (χ2v) is 6.39. The summed E-state index contributed by atoms with van der Waals surface area (Å²) >= 11 is 5.53. The van der Waals surface area contributed by atoms with Crippen LogP contribution in [0.15, 0.2) is 60.7 Å². The Bertz CT molecular complexity index is 1110. The van der Waals surface area contributed by atoms with Gasteiger partial charge in [-0.15, -0.1) is 0 Å². The Balaban J connectivity index is 2.04. The van der Waals surface area contributed by atoms with Crippen LogP contribution in [0.1, 0.15) is 11.1 Å². The number of aromatic amines is 1. The van der Waals surface area contributed by atoms with Gasteiger partial charge in [0.15, 0.2) is 10.6 Å². The average molecular weight is 331 g/mol. The van der Waals surface area contributed by atoms with Gasteiger partial charge in [0, 0.05) is 10.9 Å². The van der Waals surface area contributed by atoms with Crippen molar-refractivity contribution >= 4 is 23.0 Å². The Morgan fingerprint density at radius 2 is 1.79 bits per heavy atom. The van der Waals surface area contributed by atoms with Crippen molar-refractivity contribution in [3.8, 4) is 17.1 Å². The van der Waals surface area contributed by atoms with Crippen LogP contribution in [0.25, 0.3) is 27.8 Å². The molecule has 1 aromatic heterocycles. The smallest absolute Gasteiger partial charge is 0.200 e. The van der Waals surface area contributed by atoms with Gasteiger partial charge in [-0.1, -0.05) is 60.2 Å². The van der Waals surface area contributed by atoms with Crippen LogP contribution in [0.2, 0.25) is 0 Å². The molecule has 4 heteroatoms. The van der Waals surface area contributed by atoms with E-state index in [1.165, 1.54) is 16.5 Å². The van der Waals surface area contributed by atoms with E-state index in [9.17, 15) is 0 Å². The van der Waals surface area contributed by atoms with Gasteiger partial charge in [0.1, 0.15) is 0 Å².